The summed E-state index contributed by atoms with van der Waals surface area (Å²) in [5.41, 5.74) is -0.881. The van der Waals surface area contributed by atoms with Gasteiger partial charge in [0.05, 0.1) is 33.1 Å². The van der Waals surface area contributed by atoms with Gasteiger partial charge in [-0.15, -0.1) is 4.95 Å². The molecule has 3 aromatic carbocycles. The summed E-state index contributed by atoms with van der Waals surface area (Å²) in [5.74, 6) is -1.14. The molecule has 71 heavy (non-hydrogen) atoms. The van der Waals surface area contributed by atoms with Crippen LogP contribution in [0.25, 0.3) is 21.6 Å². The maximum absolute atomic E-state index is 14.2. The second-order valence-electron chi connectivity index (χ2n) is 19.2. The highest BCUT2D eigenvalue weighted by Crippen LogP contribution is 2.44. The number of aromatic nitrogens is 2. The molecule has 2 saturated heterocycles. The average Bonchev–Trinajstić information content (AvgIpc) is 3.79. The third kappa shape index (κ3) is 12.1. The molecule has 0 saturated carbocycles. The predicted octanol–water partition coefficient (Wildman–Crippen LogP) is 9.00. The Bertz CT molecular complexity index is 3250. The van der Waals surface area contributed by atoms with Crippen LogP contribution in [-0.4, -0.2) is 116 Å². The van der Waals surface area contributed by atoms with Crippen LogP contribution in [0.3, 0.4) is 0 Å². The highest BCUT2D eigenvalue weighted by atomic mass is 35.5. The van der Waals surface area contributed by atoms with Crippen molar-refractivity contribution in [1.29, 1.82) is 0 Å². The van der Waals surface area contributed by atoms with Gasteiger partial charge in [-0.1, -0.05) is 56.1 Å². The Balaban J connectivity index is 1.02. The summed E-state index contributed by atoms with van der Waals surface area (Å²) in [7, 11) is -13.8. The maximum Gasteiger partial charge on any atom is 0.501 e. The number of pyridine rings is 1. The Morgan fingerprint density at radius 1 is 0.986 bits per heavy atom. The summed E-state index contributed by atoms with van der Waals surface area (Å²) in [6.45, 7) is 17.7. The largest absolute Gasteiger partial charge is 0.501 e. The standard InChI is InChI=1S/C49H54ClF3N8O7S3/c1-33(31-60-21-23-69(63,24-22-60)58-54-4)25-35-7-11-41(28-45(35)70(64,65)49(51,52)53)71(66,67)57-47(62)42-12-10-39(27-44(42)68-40-26-36-14-16-55-46(36)56-30-40)61-19-17-59(18-20-61)32-37-13-15-48(2,3)29-43(37)34-5-8-38(50)9-6-34/h5-12,14,16,26-28,30,33H,13,15,17-25,29,31-32H2,1-3H3,(H,55,56)(H,57,62)/t33-/m1/s1. The number of carbonyl (C=O) groups is 1. The van der Waals surface area contributed by atoms with Crippen LogP contribution < -0.4 is 14.4 Å². The molecule has 2 fully saturated rings. The van der Waals surface area contributed by atoms with E-state index < -0.39 is 56.7 Å². The number of carbonyl (C=O) groups excluding carboxylic acids is 1. The first-order valence-electron chi connectivity index (χ1n) is 23.0. The van der Waals surface area contributed by atoms with E-state index in [4.69, 9.17) is 22.9 Å². The number of nitrogens with one attached hydrogen (secondary N) is 2. The number of sulfonamides is 1. The van der Waals surface area contributed by atoms with Crippen LogP contribution in [0.1, 0.15) is 61.5 Å². The molecule has 1 aliphatic carbocycles. The van der Waals surface area contributed by atoms with Crippen molar-refractivity contribution in [2.24, 2.45) is 15.8 Å². The number of sulfone groups is 1. The fourth-order valence-electron chi connectivity index (χ4n) is 9.44. The second-order valence-corrected chi connectivity index (χ2v) is 25.7. The van der Waals surface area contributed by atoms with E-state index in [1.54, 1.807) is 37.4 Å². The highest BCUT2D eigenvalue weighted by molar-refractivity contribution is 7.93. The van der Waals surface area contributed by atoms with Crippen LogP contribution in [0.4, 0.5) is 18.9 Å². The summed E-state index contributed by atoms with van der Waals surface area (Å²) in [4.78, 5) is 28.7. The minimum absolute atomic E-state index is 0.0293. The Hall–Kier alpha value is -5.50. The lowest BCUT2D eigenvalue weighted by Crippen LogP contribution is -2.47. The van der Waals surface area contributed by atoms with Crippen molar-refractivity contribution in [3.05, 3.63) is 124 Å². The molecule has 2 aliphatic heterocycles. The third-order valence-corrected chi connectivity index (χ3v) is 18.5. The van der Waals surface area contributed by atoms with Crippen molar-refractivity contribution in [3.8, 4) is 11.5 Å². The minimum Gasteiger partial charge on any atom is -0.455 e. The van der Waals surface area contributed by atoms with Gasteiger partial charge in [0.1, 0.15) is 31.3 Å². The van der Waals surface area contributed by atoms with Crippen molar-refractivity contribution in [3.63, 3.8) is 0 Å². The van der Waals surface area contributed by atoms with E-state index in [2.05, 4.69) is 55.2 Å². The first-order valence-corrected chi connectivity index (χ1v) is 28.2. The Morgan fingerprint density at radius 3 is 2.39 bits per heavy atom. The van der Waals surface area contributed by atoms with Gasteiger partial charge >= 0.3 is 5.51 Å². The summed E-state index contributed by atoms with van der Waals surface area (Å²) in [6, 6.07) is 18.6. The van der Waals surface area contributed by atoms with E-state index in [1.807, 2.05) is 21.8 Å². The van der Waals surface area contributed by atoms with Crippen molar-refractivity contribution >= 4 is 69.4 Å². The first-order chi connectivity index (χ1) is 33.5. The number of rotatable bonds is 14. The normalized spacial score (nSPS) is 18.5. The molecule has 3 aliphatic rings. The molecule has 0 spiro atoms. The number of aromatic amines is 1. The van der Waals surface area contributed by atoms with Gasteiger partial charge in [-0.3, -0.25) is 9.69 Å². The number of allylic oxidation sites excluding steroid dienone is 1. The number of H-pyrrole nitrogens is 1. The molecule has 0 unspecified atom stereocenters. The quantitative estimate of drug-likeness (QED) is 0.0801. The zero-order chi connectivity index (χ0) is 50.9. The monoisotopic (exact) mass is 1050 g/mol. The van der Waals surface area contributed by atoms with E-state index in [0.29, 0.717) is 54.0 Å². The summed E-state index contributed by atoms with van der Waals surface area (Å²) >= 11 is 6.23. The first kappa shape index (κ1) is 51.8. The van der Waals surface area contributed by atoms with Crippen molar-refractivity contribution in [2.75, 3.05) is 68.8 Å². The average molecular weight is 1060 g/mol. The van der Waals surface area contributed by atoms with Gasteiger partial charge in [-0.2, -0.15) is 19.7 Å². The van der Waals surface area contributed by atoms with Gasteiger partial charge in [0.2, 0.25) is 0 Å². The zero-order valence-corrected chi connectivity index (χ0v) is 42.5. The molecule has 4 heterocycles. The van der Waals surface area contributed by atoms with Gasteiger partial charge in [0, 0.05) is 80.7 Å². The van der Waals surface area contributed by atoms with Gasteiger partial charge in [0.15, 0.2) is 0 Å². The number of anilines is 1. The van der Waals surface area contributed by atoms with Crippen molar-refractivity contribution in [1.82, 2.24) is 24.5 Å². The number of benzene rings is 3. The zero-order valence-electron chi connectivity index (χ0n) is 39.3. The molecular weight excluding hydrogens is 1000 g/mol. The molecule has 378 valence electrons. The Morgan fingerprint density at radius 2 is 1.70 bits per heavy atom. The van der Waals surface area contributed by atoms with Gasteiger partial charge in [-0.25, -0.2) is 30.8 Å². The second kappa shape index (κ2) is 20.5. The Labute approximate surface area is 417 Å². The number of ether oxygens (including phenoxy) is 1. The minimum atomic E-state index is -6.08. The van der Waals surface area contributed by atoms with Crippen molar-refractivity contribution < 1.29 is 43.7 Å². The smallest absolute Gasteiger partial charge is 0.455 e. The molecule has 15 nitrogen and oxygen atoms in total. The lowest BCUT2D eigenvalue weighted by molar-refractivity contribution is -0.0436. The molecular formula is C49H54ClF3N8O7S3. The van der Waals surface area contributed by atoms with E-state index in [0.717, 1.165) is 51.0 Å². The number of alkyl halides is 3. The van der Waals surface area contributed by atoms with E-state index >= 15 is 0 Å². The molecule has 22 heteroatoms. The number of nitrogens with zero attached hydrogens (tertiary/aromatic N) is 6. The molecule has 0 bridgehead atoms. The Kier molecular flexibility index (Phi) is 15.0. The van der Waals surface area contributed by atoms with Crippen LogP contribution in [0.15, 0.2) is 105 Å². The summed E-state index contributed by atoms with van der Waals surface area (Å²) < 4.78 is 121. The van der Waals surface area contributed by atoms with Crippen LogP contribution in [0.2, 0.25) is 5.02 Å². The fourth-order valence-corrected chi connectivity index (χ4v) is 13.3. The van der Waals surface area contributed by atoms with Crippen LogP contribution >= 0.6 is 11.6 Å². The van der Waals surface area contributed by atoms with Crippen LogP contribution in [-0.2, 0) is 36.0 Å². The topological polar surface area (TPSA) is 179 Å². The number of fused-ring (bicyclic) bond motifs is 1. The maximum atomic E-state index is 14.2. The summed E-state index contributed by atoms with van der Waals surface area (Å²) in [6.07, 6.45) is 5.98. The van der Waals surface area contributed by atoms with E-state index in [1.165, 1.54) is 29.0 Å². The number of halogens is 4. The van der Waals surface area contributed by atoms with Crippen molar-refractivity contribution in [2.45, 2.75) is 61.8 Å². The van der Waals surface area contributed by atoms with E-state index in [9.17, 15) is 39.0 Å². The molecule has 8 rings (SSSR count). The third-order valence-electron chi connectivity index (χ3n) is 13.3. The molecule has 2 aromatic heterocycles. The van der Waals surface area contributed by atoms with Crippen LogP contribution in [0, 0.1) is 17.9 Å². The molecule has 0 radical (unpaired) electrons. The number of hydrogen-bond donors (Lipinski definition) is 2. The molecule has 1 amide bonds. The highest BCUT2D eigenvalue weighted by Gasteiger charge is 2.48. The molecule has 1 atom stereocenters. The number of piperazine rings is 1. The van der Waals surface area contributed by atoms with Crippen LogP contribution in [0.5, 0.6) is 11.5 Å². The number of hydrogen-bond acceptors (Lipinski definition) is 12. The van der Waals surface area contributed by atoms with Gasteiger partial charge < -0.3 is 19.5 Å². The van der Waals surface area contributed by atoms with Gasteiger partial charge in [-0.05, 0) is 102 Å². The van der Waals surface area contributed by atoms with E-state index in [-0.39, 0.29) is 52.5 Å². The van der Waals surface area contributed by atoms with Gasteiger partial charge in [0.25, 0.3) is 25.8 Å². The molecule has 2 N–H and O–H groups in total. The predicted molar refractivity (Wildman–Crippen MR) is 268 cm³/mol. The lowest BCUT2D eigenvalue weighted by atomic mass is 9.72. The molecule has 5 aromatic rings. The SMILES string of the molecule is [C-]#[N+]N=S1(=O)CCN(C[C@H](C)Cc2ccc(S(=O)(=O)NC(=O)c3ccc(N4CCN(CC5=C(c6ccc(Cl)cc6)CC(C)(C)CC5)CC4)cc3Oc3cnc4[nH]ccc4c3)cc2S(=O)(=O)C(F)(F)F)CC1. The fraction of sp³-hybridized carbons (Fsp3) is 0.408. The number of amides is 1. The lowest BCUT2D eigenvalue weighted by Gasteiger charge is -2.39. The summed E-state index contributed by atoms with van der Waals surface area (Å²) in [5, 5.41) is 1.39.